The lowest BCUT2D eigenvalue weighted by Crippen LogP contribution is -2.12. The SMILES string of the molecule is O=C(OCCn1cnc([N+](=O)[O-])n1)c1cccc2cc[nH]c12. The Balaban J connectivity index is 1.62. The molecule has 0 unspecified atom stereocenters. The molecule has 2 aromatic heterocycles. The first kappa shape index (κ1) is 13.7. The number of esters is 1. The van der Waals surface area contributed by atoms with E-state index in [-0.39, 0.29) is 13.2 Å². The van der Waals surface area contributed by atoms with E-state index in [1.807, 2.05) is 12.1 Å². The molecule has 9 heteroatoms. The van der Waals surface area contributed by atoms with Crippen LogP contribution in [0.1, 0.15) is 10.4 Å². The van der Waals surface area contributed by atoms with Crippen LogP contribution in [0.4, 0.5) is 5.95 Å². The predicted octanol–water partition coefficient (Wildman–Crippen LogP) is 1.52. The second kappa shape index (κ2) is 5.64. The number of aromatic amines is 1. The molecule has 0 aliphatic rings. The molecule has 0 saturated carbocycles. The van der Waals surface area contributed by atoms with Crippen molar-refractivity contribution in [3.05, 3.63) is 52.5 Å². The Bertz CT molecular complexity index is 838. The van der Waals surface area contributed by atoms with Gasteiger partial charge in [0.15, 0.2) is 0 Å². The van der Waals surface area contributed by atoms with Crippen molar-refractivity contribution in [1.82, 2.24) is 19.7 Å². The lowest BCUT2D eigenvalue weighted by molar-refractivity contribution is -0.394. The van der Waals surface area contributed by atoms with Gasteiger partial charge in [0.2, 0.25) is 6.33 Å². The normalized spacial score (nSPS) is 10.7. The average Bonchev–Trinajstić information content (AvgIpc) is 3.15. The van der Waals surface area contributed by atoms with E-state index in [1.165, 1.54) is 11.0 Å². The minimum absolute atomic E-state index is 0.0381. The van der Waals surface area contributed by atoms with Crippen molar-refractivity contribution >= 4 is 22.8 Å². The molecule has 1 N–H and O–H groups in total. The fourth-order valence-corrected chi connectivity index (χ4v) is 2.04. The van der Waals surface area contributed by atoms with Crippen molar-refractivity contribution in [2.24, 2.45) is 0 Å². The fraction of sp³-hybridized carbons (Fsp3) is 0.154. The van der Waals surface area contributed by atoms with Gasteiger partial charge < -0.3 is 19.8 Å². The average molecular weight is 301 g/mol. The quantitative estimate of drug-likeness (QED) is 0.434. The van der Waals surface area contributed by atoms with Crippen LogP contribution in [-0.4, -0.2) is 37.2 Å². The highest BCUT2D eigenvalue weighted by Gasteiger charge is 2.15. The van der Waals surface area contributed by atoms with Gasteiger partial charge in [-0.2, -0.15) is 4.68 Å². The molecule has 0 bridgehead atoms. The van der Waals surface area contributed by atoms with E-state index in [1.54, 1.807) is 18.3 Å². The molecule has 0 amide bonds. The first-order valence-corrected chi connectivity index (χ1v) is 6.42. The number of nitrogens with zero attached hydrogens (tertiary/aromatic N) is 4. The van der Waals surface area contributed by atoms with Crippen molar-refractivity contribution in [2.45, 2.75) is 6.54 Å². The molecule has 1 aromatic carbocycles. The third-order valence-corrected chi connectivity index (χ3v) is 3.05. The number of aromatic nitrogens is 4. The maximum absolute atomic E-state index is 12.1. The summed E-state index contributed by atoms with van der Waals surface area (Å²) in [5.74, 6) is -0.954. The number of hydrogen-bond donors (Lipinski definition) is 1. The van der Waals surface area contributed by atoms with E-state index < -0.39 is 16.8 Å². The Labute approximate surface area is 123 Å². The van der Waals surface area contributed by atoms with Crippen LogP contribution in [0.25, 0.3) is 10.9 Å². The summed E-state index contributed by atoms with van der Waals surface area (Å²) in [6, 6.07) is 7.19. The topological polar surface area (TPSA) is 116 Å². The summed E-state index contributed by atoms with van der Waals surface area (Å²) in [4.78, 5) is 28.3. The van der Waals surface area contributed by atoms with Crippen LogP contribution < -0.4 is 0 Å². The zero-order valence-corrected chi connectivity index (χ0v) is 11.3. The van der Waals surface area contributed by atoms with Crippen LogP contribution in [-0.2, 0) is 11.3 Å². The van der Waals surface area contributed by atoms with E-state index in [2.05, 4.69) is 15.1 Å². The molecule has 0 spiro atoms. The summed E-state index contributed by atoms with van der Waals surface area (Å²) in [6.07, 6.45) is 2.97. The summed E-state index contributed by atoms with van der Waals surface area (Å²) in [5.41, 5.74) is 1.15. The summed E-state index contributed by atoms with van der Waals surface area (Å²) < 4.78 is 6.41. The minimum Gasteiger partial charge on any atom is -0.460 e. The van der Waals surface area contributed by atoms with E-state index in [4.69, 9.17) is 4.74 Å². The third-order valence-electron chi connectivity index (χ3n) is 3.05. The van der Waals surface area contributed by atoms with Gasteiger partial charge >= 0.3 is 11.9 Å². The molecule has 2 heterocycles. The van der Waals surface area contributed by atoms with Gasteiger partial charge in [-0.3, -0.25) is 0 Å². The number of benzene rings is 1. The molecule has 0 saturated heterocycles. The van der Waals surface area contributed by atoms with Crippen molar-refractivity contribution in [2.75, 3.05) is 6.61 Å². The van der Waals surface area contributed by atoms with Gasteiger partial charge in [-0.25, -0.2) is 4.79 Å². The van der Waals surface area contributed by atoms with Crippen LogP contribution in [0.15, 0.2) is 36.8 Å². The largest absolute Gasteiger partial charge is 0.490 e. The van der Waals surface area contributed by atoms with Gasteiger partial charge in [-0.15, -0.1) is 0 Å². The second-order valence-electron chi connectivity index (χ2n) is 4.45. The molecular weight excluding hydrogens is 290 g/mol. The first-order valence-electron chi connectivity index (χ1n) is 6.42. The zero-order chi connectivity index (χ0) is 15.5. The van der Waals surface area contributed by atoms with Crippen LogP contribution in [0.5, 0.6) is 0 Å². The maximum atomic E-state index is 12.1. The molecule has 0 fully saturated rings. The Morgan fingerprint density at radius 1 is 1.41 bits per heavy atom. The van der Waals surface area contributed by atoms with Crippen LogP contribution in [0.3, 0.4) is 0 Å². The number of carbonyl (C=O) groups excluding carboxylic acids is 1. The number of H-pyrrole nitrogens is 1. The molecular formula is C13H11N5O4. The monoisotopic (exact) mass is 301 g/mol. The molecule has 0 radical (unpaired) electrons. The zero-order valence-electron chi connectivity index (χ0n) is 11.3. The van der Waals surface area contributed by atoms with Gasteiger partial charge in [-0.1, -0.05) is 17.1 Å². The molecule has 3 rings (SSSR count). The summed E-state index contributed by atoms with van der Waals surface area (Å²) in [5, 5.41) is 15.0. The number of rotatable bonds is 5. The van der Waals surface area contributed by atoms with Crippen molar-refractivity contribution in [3.63, 3.8) is 0 Å². The lowest BCUT2D eigenvalue weighted by atomic mass is 10.1. The molecule has 0 aliphatic heterocycles. The highest BCUT2D eigenvalue weighted by Crippen LogP contribution is 2.17. The molecule has 9 nitrogen and oxygen atoms in total. The Morgan fingerprint density at radius 3 is 3.05 bits per heavy atom. The first-order chi connectivity index (χ1) is 10.6. The van der Waals surface area contributed by atoms with Crippen LogP contribution >= 0.6 is 0 Å². The number of hydrogen-bond acceptors (Lipinski definition) is 6. The van der Waals surface area contributed by atoms with Gasteiger partial charge in [0.1, 0.15) is 6.61 Å². The summed E-state index contributed by atoms with van der Waals surface area (Å²) >= 11 is 0. The Morgan fingerprint density at radius 2 is 2.27 bits per heavy atom. The minimum atomic E-state index is -0.686. The standard InChI is InChI=1S/C13H11N5O4/c19-12(10-3-1-2-9-4-5-14-11(9)10)22-7-6-17-8-15-13(16-17)18(20)21/h1-5,8,14H,6-7H2. The van der Waals surface area contributed by atoms with Crippen LogP contribution in [0.2, 0.25) is 0 Å². The van der Waals surface area contributed by atoms with Gasteiger partial charge in [-0.05, 0) is 17.1 Å². The molecule has 112 valence electrons. The van der Waals surface area contributed by atoms with Crippen molar-refractivity contribution < 1.29 is 14.5 Å². The predicted molar refractivity (Wildman–Crippen MR) is 75.3 cm³/mol. The number of nitro groups is 1. The summed E-state index contributed by atoms with van der Waals surface area (Å²) in [7, 11) is 0. The molecule has 22 heavy (non-hydrogen) atoms. The Hall–Kier alpha value is -3.23. The highest BCUT2D eigenvalue weighted by molar-refractivity contribution is 6.02. The number of carbonyl (C=O) groups is 1. The van der Waals surface area contributed by atoms with E-state index in [0.29, 0.717) is 11.1 Å². The van der Waals surface area contributed by atoms with Gasteiger partial charge in [0.25, 0.3) is 0 Å². The maximum Gasteiger partial charge on any atom is 0.490 e. The van der Waals surface area contributed by atoms with Crippen molar-refractivity contribution in [3.8, 4) is 0 Å². The van der Waals surface area contributed by atoms with E-state index in [9.17, 15) is 14.9 Å². The molecule has 3 aromatic rings. The second-order valence-corrected chi connectivity index (χ2v) is 4.45. The number of nitrogens with one attached hydrogen (secondary N) is 1. The van der Waals surface area contributed by atoms with Crippen molar-refractivity contribution in [1.29, 1.82) is 0 Å². The van der Waals surface area contributed by atoms with Gasteiger partial charge in [0, 0.05) is 16.7 Å². The number of fused-ring (bicyclic) bond motifs is 1. The Kier molecular flexibility index (Phi) is 3.52. The number of ether oxygens (including phenoxy) is 1. The number of para-hydroxylation sites is 1. The van der Waals surface area contributed by atoms with Gasteiger partial charge in [0.05, 0.1) is 17.6 Å². The van der Waals surface area contributed by atoms with E-state index >= 15 is 0 Å². The third kappa shape index (κ3) is 2.64. The van der Waals surface area contributed by atoms with E-state index in [0.717, 1.165) is 5.39 Å². The molecule has 0 aliphatic carbocycles. The molecule has 0 atom stereocenters. The summed E-state index contributed by atoms with van der Waals surface area (Å²) in [6.45, 7) is 0.226. The highest BCUT2D eigenvalue weighted by atomic mass is 16.6. The smallest absolute Gasteiger partial charge is 0.460 e. The fourth-order valence-electron chi connectivity index (χ4n) is 2.04. The lowest BCUT2D eigenvalue weighted by Gasteiger charge is -2.04. The van der Waals surface area contributed by atoms with Crippen LogP contribution in [0, 0.1) is 10.1 Å².